The summed E-state index contributed by atoms with van der Waals surface area (Å²) >= 11 is 1.25. The number of aliphatic hydroxyl groups is 1. The minimum Gasteiger partial charge on any atom is -0.370 e. The quantitative estimate of drug-likeness (QED) is 0.649. The third-order valence-electron chi connectivity index (χ3n) is 2.76. The summed E-state index contributed by atoms with van der Waals surface area (Å²) in [6.07, 6.45) is 0. The highest BCUT2D eigenvalue weighted by molar-refractivity contribution is 7.08. The van der Waals surface area contributed by atoms with Crippen molar-refractivity contribution in [2.24, 2.45) is 0 Å². The predicted octanol–water partition coefficient (Wildman–Crippen LogP) is 1.85. The molecule has 1 aromatic heterocycles. The number of anilines is 1. The van der Waals surface area contributed by atoms with Gasteiger partial charge in [-0.3, -0.25) is 14.9 Å². The topological polar surface area (TPSA) is 92.5 Å². The van der Waals surface area contributed by atoms with Gasteiger partial charge in [0.05, 0.1) is 0 Å². The summed E-state index contributed by atoms with van der Waals surface area (Å²) in [7, 11) is 0. The summed E-state index contributed by atoms with van der Waals surface area (Å²) in [4.78, 5) is 22.2. The molecular formula is C13H12N2O4S. The van der Waals surface area contributed by atoms with Gasteiger partial charge >= 0.3 is 0 Å². The molecule has 0 spiro atoms. The fourth-order valence-electron chi connectivity index (χ4n) is 1.74. The van der Waals surface area contributed by atoms with E-state index in [2.05, 4.69) is 5.32 Å². The molecule has 0 aliphatic carbocycles. The van der Waals surface area contributed by atoms with Gasteiger partial charge in [0.2, 0.25) is 12.1 Å². The van der Waals surface area contributed by atoms with Crippen LogP contribution < -0.4 is 5.32 Å². The van der Waals surface area contributed by atoms with Crippen LogP contribution in [0.1, 0.15) is 5.56 Å². The first kappa shape index (κ1) is 14.2. The zero-order chi connectivity index (χ0) is 14.6. The Labute approximate surface area is 118 Å². The molecule has 1 atom stereocenters. The number of carbonyl (C=O) groups excluding carboxylic acids is 1. The normalized spacial score (nSPS) is 13.4. The average Bonchev–Trinajstić information content (AvgIpc) is 2.93. The number of nitrogens with one attached hydrogen (secondary N) is 1. The summed E-state index contributed by atoms with van der Waals surface area (Å²) in [6.45, 7) is -0.887. The van der Waals surface area contributed by atoms with Crippen molar-refractivity contribution in [3.05, 3.63) is 62.8 Å². The van der Waals surface area contributed by atoms with Gasteiger partial charge in [-0.05, 0) is 29.0 Å². The number of amides is 1. The van der Waals surface area contributed by atoms with E-state index in [1.165, 1.54) is 22.8 Å². The van der Waals surface area contributed by atoms with Crippen LogP contribution in [0.5, 0.6) is 0 Å². The SMILES string of the molecule is O=C(Nc1ccccc1)[C@@](O)(C[N+](=O)[O-])c1ccsc1. The van der Waals surface area contributed by atoms with E-state index in [4.69, 9.17) is 0 Å². The Morgan fingerprint density at radius 2 is 2.05 bits per heavy atom. The molecule has 0 bridgehead atoms. The third-order valence-corrected chi connectivity index (χ3v) is 3.45. The molecule has 2 N–H and O–H groups in total. The maximum atomic E-state index is 12.2. The highest BCUT2D eigenvalue weighted by atomic mass is 32.1. The lowest BCUT2D eigenvalue weighted by molar-refractivity contribution is -0.498. The third kappa shape index (κ3) is 3.01. The molecule has 104 valence electrons. The molecule has 1 amide bonds. The summed E-state index contributed by atoms with van der Waals surface area (Å²) in [5.41, 5.74) is -1.50. The average molecular weight is 292 g/mol. The zero-order valence-corrected chi connectivity index (χ0v) is 11.2. The largest absolute Gasteiger partial charge is 0.370 e. The molecule has 1 aromatic carbocycles. The predicted molar refractivity (Wildman–Crippen MR) is 75.1 cm³/mol. The van der Waals surface area contributed by atoms with Crippen LogP contribution in [0.15, 0.2) is 47.2 Å². The molecule has 2 rings (SSSR count). The first-order valence-corrected chi connectivity index (χ1v) is 6.70. The van der Waals surface area contributed by atoms with Crippen molar-refractivity contribution >= 4 is 22.9 Å². The fraction of sp³-hybridized carbons (Fsp3) is 0.154. The van der Waals surface area contributed by atoms with E-state index >= 15 is 0 Å². The van der Waals surface area contributed by atoms with E-state index < -0.39 is 23.0 Å². The van der Waals surface area contributed by atoms with E-state index in [9.17, 15) is 20.0 Å². The number of hydrogen-bond donors (Lipinski definition) is 2. The molecule has 2 aromatic rings. The summed E-state index contributed by atoms with van der Waals surface area (Å²) < 4.78 is 0. The van der Waals surface area contributed by atoms with Crippen molar-refractivity contribution in [3.63, 3.8) is 0 Å². The van der Waals surface area contributed by atoms with E-state index in [1.54, 1.807) is 35.7 Å². The van der Waals surface area contributed by atoms with Crippen LogP contribution in [0, 0.1) is 10.1 Å². The Balaban J connectivity index is 2.27. The molecular weight excluding hydrogens is 280 g/mol. The van der Waals surface area contributed by atoms with Gasteiger partial charge in [0, 0.05) is 16.2 Å². The molecule has 0 aliphatic heterocycles. The molecule has 0 unspecified atom stereocenters. The minimum atomic E-state index is -2.18. The lowest BCUT2D eigenvalue weighted by Crippen LogP contribution is -2.45. The monoisotopic (exact) mass is 292 g/mol. The maximum absolute atomic E-state index is 12.2. The minimum absolute atomic E-state index is 0.215. The number of hydrogen-bond acceptors (Lipinski definition) is 5. The Hall–Kier alpha value is -2.25. The second kappa shape index (κ2) is 5.81. The summed E-state index contributed by atoms with van der Waals surface area (Å²) in [5.74, 6) is -0.821. The van der Waals surface area contributed by atoms with Crippen molar-refractivity contribution in [2.45, 2.75) is 5.60 Å². The van der Waals surface area contributed by atoms with Crippen LogP contribution >= 0.6 is 11.3 Å². The van der Waals surface area contributed by atoms with Crippen molar-refractivity contribution in [1.82, 2.24) is 0 Å². The molecule has 0 saturated heterocycles. The smallest absolute Gasteiger partial charge is 0.268 e. The van der Waals surface area contributed by atoms with E-state index in [0.29, 0.717) is 5.69 Å². The standard InChI is InChI=1S/C13H12N2O4S/c16-12(14-11-4-2-1-3-5-11)13(17,9-15(18)19)10-6-7-20-8-10/h1-8,17H,9H2,(H,14,16)/t13-/m1/s1. The first-order chi connectivity index (χ1) is 9.52. The Kier molecular flexibility index (Phi) is 4.11. The second-order valence-corrected chi connectivity index (χ2v) is 4.96. The first-order valence-electron chi connectivity index (χ1n) is 5.76. The van der Waals surface area contributed by atoms with Crippen LogP contribution in [-0.2, 0) is 10.4 Å². The molecule has 6 nitrogen and oxygen atoms in total. The van der Waals surface area contributed by atoms with Gasteiger partial charge < -0.3 is 10.4 Å². The zero-order valence-electron chi connectivity index (χ0n) is 10.4. The lowest BCUT2D eigenvalue weighted by atomic mass is 9.95. The molecule has 20 heavy (non-hydrogen) atoms. The van der Waals surface area contributed by atoms with Crippen molar-refractivity contribution in [2.75, 3.05) is 11.9 Å². The van der Waals surface area contributed by atoms with Gasteiger partial charge in [0.1, 0.15) is 0 Å². The maximum Gasteiger partial charge on any atom is 0.268 e. The Morgan fingerprint density at radius 3 is 2.60 bits per heavy atom. The molecule has 0 fully saturated rings. The van der Waals surface area contributed by atoms with Crippen LogP contribution in [0.25, 0.3) is 0 Å². The van der Waals surface area contributed by atoms with E-state index in [1.807, 2.05) is 0 Å². The van der Waals surface area contributed by atoms with Gasteiger partial charge in [-0.1, -0.05) is 18.2 Å². The fourth-order valence-corrected chi connectivity index (χ4v) is 2.46. The van der Waals surface area contributed by atoms with Crippen LogP contribution in [0.2, 0.25) is 0 Å². The Morgan fingerprint density at radius 1 is 1.35 bits per heavy atom. The van der Waals surface area contributed by atoms with Crippen LogP contribution in [-0.4, -0.2) is 22.5 Å². The van der Waals surface area contributed by atoms with Gasteiger partial charge in [0.25, 0.3) is 5.91 Å². The highest BCUT2D eigenvalue weighted by Crippen LogP contribution is 2.25. The molecule has 0 aliphatic rings. The van der Waals surface area contributed by atoms with E-state index in [0.717, 1.165) is 0 Å². The van der Waals surface area contributed by atoms with Gasteiger partial charge in [-0.25, -0.2) is 0 Å². The Bertz CT molecular complexity index is 600. The van der Waals surface area contributed by atoms with E-state index in [-0.39, 0.29) is 5.56 Å². The highest BCUT2D eigenvalue weighted by Gasteiger charge is 2.43. The summed E-state index contributed by atoms with van der Waals surface area (Å²) in [5, 5.41) is 26.8. The number of rotatable bonds is 5. The molecule has 0 radical (unpaired) electrons. The number of carbonyl (C=O) groups is 1. The van der Waals surface area contributed by atoms with Gasteiger partial charge in [-0.15, -0.1) is 0 Å². The number of benzene rings is 1. The van der Waals surface area contributed by atoms with Crippen molar-refractivity contribution in [3.8, 4) is 0 Å². The second-order valence-electron chi connectivity index (χ2n) is 4.18. The van der Waals surface area contributed by atoms with Crippen LogP contribution in [0.4, 0.5) is 5.69 Å². The molecule has 7 heteroatoms. The summed E-state index contributed by atoms with van der Waals surface area (Å²) in [6, 6.07) is 9.98. The van der Waals surface area contributed by atoms with Crippen LogP contribution in [0.3, 0.4) is 0 Å². The number of nitrogens with zero attached hydrogens (tertiary/aromatic N) is 1. The number of nitro groups is 1. The van der Waals surface area contributed by atoms with Crippen molar-refractivity contribution in [1.29, 1.82) is 0 Å². The lowest BCUT2D eigenvalue weighted by Gasteiger charge is -2.22. The number of para-hydroxylation sites is 1. The number of thiophene rings is 1. The molecule has 0 saturated carbocycles. The van der Waals surface area contributed by atoms with Gasteiger partial charge in [-0.2, -0.15) is 11.3 Å². The van der Waals surface area contributed by atoms with Gasteiger partial charge in [0.15, 0.2) is 0 Å². The molecule has 1 heterocycles. The van der Waals surface area contributed by atoms with Crippen molar-refractivity contribution < 1.29 is 14.8 Å².